The fourth-order valence-corrected chi connectivity index (χ4v) is 1.43. The first-order chi connectivity index (χ1) is 9.54. The summed E-state index contributed by atoms with van der Waals surface area (Å²) in [5.41, 5.74) is 3.59. The SMILES string of the molecule is Cc1ccc(C(=O)N/N=C/C2=NC(=O)NC(=O)C2)cn1. The molecule has 1 aromatic heterocycles. The number of carbonyl (C=O) groups excluding carboxylic acids is 3. The van der Waals surface area contributed by atoms with Crippen molar-refractivity contribution in [3.8, 4) is 0 Å². The van der Waals surface area contributed by atoms with Gasteiger partial charge in [0, 0.05) is 11.9 Å². The van der Waals surface area contributed by atoms with Gasteiger partial charge >= 0.3 is 6.03 Å². The maximum Gasteiger partial charge on any atom is 0.347 e. The molecule has 8 heteroatoms. The third-order valence-electron chi connectivity index (χ3n) is 2.39. The third-order valence-corrected chi connectivity index (χ3v) is 2.39. The molecule has 0 spiro atoms. The summed E-state index contributed by atoms with van der Waals surface area (Å²) in [5, 5.41) is 5.66. The highest BCUT2D eigenvalue weighted by atomic mass is 16.2. The van der Waals surface area contributed by atoms with Gasteiger partial charge in [-0.2, -0.15) is 10.1 Å². The van der Waals surface area contributed by atoms with Crippen molar-refractivity contribution in [1.29, 1.82) is 0 Å². The molecule has 1 aliphatic heterocycles. The summed E-state index contributed by atoms with van der Waals surface area (Å²) in [6, 6.07) is 2.58. The van der Waals surface area contributed by atoms with Gasteiger partial charge in [0.15, 0.2) is 0 Å². The lowest BCUT2D eigenvalue weighted by Crippen LogP contribution is -2.35. The van der Waals surface area contributed by atoms with E-state index in [-0.39, 0.29) is 12.1 Å². The zero-order chi connectivity index (χ0) is 14.5. The number of aromatic nitrogens is 1. The van der Waals surface area contributed by atoms with E-state index in [0.717, 1.165) is 11.9 Å². The molecule has 20 heavy (non-hydrogen) atoms. The Morgan fingerprint density at radius 3 is 2.90 bits per heavy atom. The van der Waals surface area contributed by atoms with E-state index >= 15 is 0 Å². The van der Waals surface area contributed by atoms with Gasteiger partial charge in [-0.1, -0.05) is 0 Å². The molecule has 1 aliphatic rings. The first kappa shape index (κ1) is 13.5. The summed E-state index contributed by atoms with van der Waals surface area (Å²) in [7, 11) is 0. The molecule has 0 fully saturated rings. The fourth-order valence-electron chi connectivity index (χ4n) is 1.43. The van der Waals surface area contributed by atoms with E-state index in [0.29, 0.717) is 5.56 Å². The van der Waals surface area contributed by atoms with E-state index < -0.39 is 17.8 Å². The number of pyridine rings is 1. The van der Waals surface area contributed by atoms with Gasteiger partial charge in [0.1, 0.15) is 0 Å². The van der Waals surface area contributed by atoms with Gasteiger partial charge in [0.2, 0.25) is 5.91 Å². The molecule has 8 nitrogen and oxygen atoms in total. The Hall–Kier alpha value is -2.90. The van der Waals surface area contributed by atoms with Crippen molar-refractivity contribution in [3.05, 3.63) is 29.6 Å². The minimum Gasteiger partial charge on any atom is -0.276 e. The minimum absolute atomic E-state index is 0.0583. The predicted octanol–water partition coefficient (Wildman–Crippen LogP) is 0.187. The van der Waals surface area contributed by atoms with Crippen LogP contribution in [0.3, 0.4) is 0 Å². The van der Waals surface area contributed by atoms with Crippen LogP contribution >= 0.6 is 0 Å². The Labute approximate surface area is 114 Å². The molecule has 1 aromatic rings. The smallest absolute Gasteiger partial charge is 0.276 e. The average molecular weight is 273 g/mol. The van der Waals surface area contributed by atoms with Crippen molar-refractivity contribution in [2.45, 2.75) is 13.3 Å². The van der Waals surface area contributed by atoms with Crippen LogP contribution in [0.4, 0.5) is 4.79 Å². The summed E-state index contributed by atoms with van der Waals surface area (Å²) in [4.78, 5) is 41.2. The quantitative estimate of drug-likeness (QED) is 0.604. The maximum absolute atomic E-state index is 11.7. The van der Waals surface area contributed by atoms with Crippen molar-refractivity contribution >= 4 is 29.8 Å². The van der Waals surface area contributed by atoms with Crippen LogP contribution in [0.1, 0.15) is 22.5 Å². The summed E-state index contributed by atoms with van der Waals surface area (Å²) >= 11 is 0. The van der Waals surface area contributed by atoms with Crippen molar-refractivity contribution in [2.24, 2.45) is 10.1 Å². The fraction of sp³-hybridized carbons (Fsp3) is 0.167. The van der Waals surface area contributed by atoms with E-state index in [1.165, 1.54) is 6.20 Å². The van der Waals surface area contributed by atoms with Gasteiger partial charge in [-0.15, -0.1) is 0 Å². The molecular weight excluding hydrogens is 262 g/mol. The Balaban J connectivity index is 1.96. The second-order valence-corrected chi connectivity index (χ2v) is 4.02. The Kier molecular flexibility index (Phi) is 3.94. The van der Waals surface area contributed by atoms with Crippen LogP contribution in [0, 0.1) is 6.92 Å². The Morgan fingerprint density at radius 1 is 1.45 bits per heavy atom. The van der Waals surface area contributed by atoms with E-state index in [1.807, 2.05) is 12.2 Å². The lowest BCUT2D eigenvalue weighted by atomic mass is 10.2. The van der Waals surface area contributed by atoms with Crippen LogP contribution in [-0.2, 0) is 4.79 Å². The first-order valence-electron chi connectivity index (χ1n) is 5.72. The monoisotopic (exact) mass is 273 g/mol. The second-order valence-electron chi connectivity index (χ2n) is 4.02. The van der Waals surface area contributed by atoms with E-state index in [4.69, 9.17) is 0 Å². The number of carbonyl (C=O) groups is 3. The highest BCUT2D eigenvalue weighted by Gasteiger charge is 2.16. The number of aliphatic imine (C=N–C) groups is 1. The zero-order valence-corrected chi connectivity index (χ0v) is 10.6. The van der Waals surface area contributed by atoms with Gasteiger partial charge in [-0.05, 0) is 19.1 Å². The summed E-state index contributed by atoms with van der Waals surface area (Å²) in [6.07, 6.45) is 2.53. The molecule has 102 valence electrons. The number of urea groups is 1. The van der Waals surface area contributed by atoms with Crippen molar-refractivity contribution < 1.29 is 14.4 Å². The molecule has 2 rings (SSSR count). The lowest BCUT2D eigenvalue weighted by Gasteiger charge is -2.07. The Bertz CT molecular complexity index is 618. The first-order valence-corrected chi connectivity index (χ1v) is 5.72. The van der Waals surface area contributed by atoms with Crippen LogP contribution in [0.15, 0.2) is 28.4 Å². The highest BCUT2D eigenvalue weighted by molar-refractivity contribution is 6.38. The van der Waals surface area contributed by atoms with Crippen LogP contribution in [0.5, 0.6) is 0 Å². The standard InChI is InChI=1S/C12H11N5O3/c1-7-2-3-8(5-13-7)11(19)17-14-6-9-4-10(18)16-12(20)15-9/h2-3,5-6H,4H2,1H3,(H,17,19)(H,16,18,20)/b14-6+. The van der Waals surface area contributed by atoms with Crippen molar-refractivity contribution in [1.82, 2.24) is 15.7 Å². The molecule has 2 heterocycles. The number of hydrogen-bond donors (Lipinski definition) is 2. The van der Waals surface area contributed by atoms with Gasteiger partial charge < -0.3 is 0 Å². The number of hydrogen-bond acceptors (Lipinski definition) is 5. The largest absolute Gasteiger partial charge is 0.347 e. The number of nitrogens with zero attached hydrogens (tertiary/aromatic N) is 3. The van der Waals surface area contributed by atoms with Gasteiger partial charge in [-0.3, -0.25) is 19.9 Å². The second kappa shape index (κ2) is 5.83. The number of imide groups is 1. The molecule has 0 unspecified atom stereocenters. The van der Waals surface area contributed by atoms with E-state index in [2.05, 4.69) is 20.5 Å². The van der Waals surface area contributed by atoms with Gasteiger partial charge in [0.25, 0.3) is 5.91 Å². The molecule has 2 N–H and O–H groups in total. The maximum atomic E-state index is 11.7. The van der Waals surface area contributed by atoms with Gasteiger partial charge in [-0.25, -0.2) is 10.2 Å². The molecule has 0 saturated heterocycles. The van der Waals surface area contributed by atoms with Crippen LogP contribution < -0.4 is 10.7 Å². The predicted molar refractivity (Wildman–Crippen MR) is 70.5 cm³/mol. The van der Waals surface area contributed by atoms with Crippen LogP contribution in [0.25, 0.3) is 0 Å². The molecule has 4 amide bonds. The molecule has 0 atom stereocenters. The molecule has 0 aliphatic carbocycles. The third kappa shape index (κ3) is 3.55. The molecule has 0 aromatic carbocycles. The van der Waals surface area contributed by atoms with Crippen molar-refractivity contribution in [2.75, 3.05) is 0 Å². The average Bonchev–Trinajstić information content (AvgIpc) is 2.38. The minimum atomic E-state index is -0.739. The number of rotatable bonds is 3. The molecule has 0 saturated carbocycles. The summed E-state index contributed by atoms with van der Waals surface area (Å²) < 4.78 is 0. The van der Waals surface area contributed by atoms with E-state index in [9.17, 15) is 14.4 Å². The molecular formula is C12H11N5O3. The zero-order valence-electron chi connectivity index (χ0n) is 10.6. The van der Waals surface area contributed by atoms with Gasteiger partial charge in [0.05, 0.1) is 23.9 Å². The number of aryl methyl sites for hydroxylation is 1. The summed E-state index contributed by atoms with van der Waals surface area (Å²) in [5.74, 6) is -0.901. The van der Waals surface area contributed by atoms with Crippen molar-refractivity contribution in [3.63, 3.8) is 0 Å². The summed E-state index contributed by atoms with van der Waals surface area (Å²) in [6.45, 7) is 1.81. The number of amides is 4. The highest BCUT2D eigenvalue weighted by Crippen LogP contribution is 1.99. The number of hydrazone groups is 1. The number of nitrogens with one attached hydrogen (secondary N) is 2. The normalized spacial score (nSPS) is 14.9. The van der Waals surface area contributed by atoms with Crippen LogP contribution in [-0.4, -0.2) is 34.8 Å². The topological polar surface area (TPSA) is 113 Å². The Morgan fingerprint density at radius 2 is 2.25 bits per heavy atom. The molecule has 0 bridgehead atoms. The molecule has 0 radical (unpaired) electrons. The lowest BCUT2D eigenvalue weighted by molar-refractivity contribution is -0.118. The van der Waals surface area contributed by atoms with E-state index in [1.54, 1.807) is 12.1 Å². The van der Waals surface area contributed by atoms with Crippen LogP contribution in [0.2, 0.25) is 0 Å².